The second-order valence-electron chi connectivity index (χ2n) is 8.93. The van der Waals surface area contributed by atoms with E-state index >= 15 is 0 Å². The van der Waals surface area contributed by atoms with Crippen molar-refractivity contribution >= 4 is 55.7 Å². The largest absolute Gasteiger partial charge is 0.507 e. The van der Waals surface area contributed by atoms with Gasteiger partial charge in [0, 0.05) is 21.5 Å². The van der Waals surface area contributed by atoms with Crippen molar-refractivity contribution in [1.82, 2.24) is 0 Å². The fourth-order valence-corrected chi connectivity index (χ4v) is 4.22. The molecule has 0 unspecified atom stereocenters. The van der Waals surface area contributed by atoms with Gasteiger partial charge in [0.2, 0.25) is 0 Å². The van der Waals surface area contributed by atoms with E-state index in [2.05, 4.69) is 30.7 Å². The number of aromatic hydroxyl groups is 2. The number of fused-ring (bicyclic) bond motifs is 2. The third-order valence-corrected chi connectivity index (χ3v) is 6.28. The standard InChI is InChI=1S/C32H22N6O2/c39-31-19-17-29(25-5-1-3-7-27(25)31)37-35-23-13-9-21(10-14-23)33-34-22-11-15-24(16-12-22)36-38-30-18-20-32(40)28-8-4-2-6-26(28)30/h1-20,39-40H/b34-33+,37-35+,38-36+. The van der Waals surface area contributed by atoms with Crippen molar-refractivity contribution < 1.29 is 10.2 Å². The van der Waals surface area contributed by atoms with Gasteiger partial charge >= 0.3 is 0 Å². The van der Waals surface area contributed by atoms with Gasteiger partial charge in [-0.15, -0.1) is 10.2 Å². The molecule has 0 amide bonds. The first kappa shape index (κ1) is 24.6. The van der Waals surface area contributed by atoms with Gasteiger partial charge in [0.15, 0.2) is 0 Å². The van der Waals surface area contributed by atoms with Crippen LogP contribution in [0.25, 0.3) is 21.5 Å². The molecule has 0 bridgehead atoms. The molecular formula is C32H22N6O2. The molecule has 0 spiro atoms. The zero-order valence-electron chi connectivity index (χ0n) is 21.1. The van der Waals surface area contributed by atoms with Crippen molar-refractivity contribution in [3.63, 3.8) is 0 Å². The van der Waals surface area contributed by atoms with Crippen LogP contribution in [0.15, 0.2) is 152 Å². The molecule has 6 rings (SSSR count). The number of phenolic OH excluding ortho intramolecular Hbond substituents is 2. The van der Waals surface area contributed by atoms with Gasteiger partial charge in [0.25, 0.3) is 0 Å². The summed E-state index contributed by atoms with van der Waals surface area (Å²) < 4.78 is 0. The van der Waals surface area contributed by atoms with E-state index < -0.39 is 0 Å². The Bertz CT molecular complexity index is 1770. The molecule has 40 heavy (non-hydrogen) atoms. The lowest BCUT2D eigenvalue weighted by Crippen LogP contribution is -1.74. The van der Waals surface area contributed by atoms with Crippen LogP contribution in [0, 0.1) is 0 Å². The average Bonchev–Trinajstić information content (AvgIpc) is 3.01. The Morgan fingerprint density at radius 3 is 0.950 bits per heavy atom. The van der Waals surface area contributed by atoms with E-state index in [-0.39, 0.29) is 11.5 Å². The summed E-state index contributed by atoms with van der Waals surface area (Å²) in [7, 11) is 0. The molecule has 192 valence electrons. The Hall–Kier alpha value is -5.76. The number of azo groups is 3. The third-order valence-electron chi connectivity index (χ3n) is 6.28. The minimum Gasteiger partial charge on any atom is -0.507 e. The predicted octanol–water partition coefficient (Wildman–Crippen LogP) is 10.7. The minimum absolute atomic E-state index is 0.214. The Kier molecular flexibility index (Phi) is 6.71. The summed E-state index contributed by atoms with van der Waals surface area (Å²) in [5.74, 6) is 0.428. The Morgan fingerprint density at radius 1 is 0.300 bits per heavy atom. The van der Waals surface area contributed by atoms with Gasteiger partial charge in [-0.2, -0.15) is 20.5 Å². The maximum Gasteiger partial charge on any atom is 0.123 e. The minimum atomic E-state index is 0.214. The monoisotopic (exact) mass is 522 g/mol. The molecular weight excluding hydrogens is 500 g/mol. The predicted molar refractivity (Wildman–Crippen MR) is 157 cm³/mol. The van der Waals surface area contributed by atoms with Gasteiger partial charge in [-0.05, 0) is 72.8 Å². The molecule has 0 heterocycles. The Morgan fingerprint density at radius 2 is 0.600 bits per heavy atom. The van der Waals surface area contributed by atoms with Crippen LogP contribution in [0.5, 0.6) is 11.5 Å². The molecule has 0 aliphatic carbocycles. The molecule has 8 nitrogen and oxygen atoms in total. The van der Waals surface area contributed by atoms with Gasteiger partial charge in [-0.3, -0.25) is 0 Å². The molecule has 8 heteroatoms. The van der Waals surface area contributed by atoms with E-state index in [0.717, 1.165) is 21.5 Å². The highest BCUT2D eigenvalue weighted by Crippen LogP contribution is 2.35. The summed E-state index contributed by atoms with van der Waals surface area (Å²) in [6.07, 6.45) is 0. The van der Waals surface area contributed by atoms with Gasteiger partial charge in [-0.1, -0.05) is 48.5 Å². The van der Waals surface area contributed by atoms with E-state index in [4.69, 9.17) is 0 Å². The molecule has 2 N–H and O–H groups in total. The molecule has 0 saturated carbocycles. The zero-order chi connectivity index (χ0) is 27.3. The Balaban J connectivity index is 1.12. The molecule has 0 aromatic heterocycles. The maximum atomic E-state index is 10.1. The lowest BCUT2D eigenvalue weighted by molar-refractivity contribution is 0.481. The second-order valence-corrected chi connectivity index (χ2v) is 8.93. The summed E-state index contributed by atoms with van der Waals surface area (Å²) in [6, 6.07) is 36.3. The van der Waals surface area contributed by atoms with Crippen LogP contribution in [0.1, 0.15) is 0 Å². The Labute approximate surface area is 229 Å². The van der Waals surface area contributed by atoms with Gasteiger partial charge in [0.05, 0.1) is 34.1 Å². The maximum absolute atomic E-state index is 10.1. The smallest absolute Gasteiger partial charge is 0.123 e. The topological polar surface area (TPSA) is 115 Å². The summed E-state index contributed by atoms with van der Waals surface area (Å²) in [5, 5.41) is 49.2. The van der Waals surface area contributed by atoms with Crippen LogP contribution in [0.3, 0.4) is 0 Å². The first-order valence-electron chi connectivity index (χ1n) is 12.5. The number of hydrogen-bond acceptors (Lipinski definition) is 8. The molecule has 0 saturated heterocycles. The SMILES string of the molecule is Oc1ccc(/N=N/c2ccc(/N=N/c3ccc(/N=N/c4ccc(O)c5ccccc45)cc3)cc2)c2ccccc12. The van der Waals surface area contributed by atoms with Gasteiger partial charge < -0.3 is 10.2 Å². The molecule has 6 aromatic carbocycles. The number of phenols is 2. The lowest BCUT2D eigenvalue weighted by Gasteiger charge is -2.03. The number of benzene rings is 6. The van der Waals surface area contributed by atoms with E-state index in [1.165, 1.54) is 0 Å². The summed E-state index contributed by atoms with van der Waals surface area (Å²) in [4.78, 5) is 0. The van der Waals surface area contributed by atoms with Crippen LogP contribution < -0.4 is 0 Å². The van der Waals surface area contributed by atoms with Crippen LogP contribution in [-0.2, 0) is 0 Å². The number of nitrogens with zero attached hydrogens (tertiary/aromatic N) is 6. The molecule has 0 aliphatic heterocycles. The van der Waals surface area contributed by atoms with E-state index in [9.17, 15) is 10.2 Å². The lowest BCUT2D eigenvalue weighted by atomic mass is 10.1. The van der Waals surface area contributed by atoms with Crippen LogP contribution in [0.4, 0.5) is 34.1 Å². The summed E-state index contributed by atoms with van der Waals surface area (Å²) >= 11 is 0. The van der Waals surface area contributed by atoms with Crippen molar-refractivity contribution in [2.24, 2.45) is 30.7 Å². The molecule has 0 atom stereocenters. The van der Waals surface area contributed by atoms with Crippen molar-refractivity contribution in [1.29, 1.82) is 0 Å². The normalized spacial score (nSPS) is 11.9. The second kappa shape index (κ2) is 10.9. The van der Waals surface area contributed by atoms with Crippen LogP contribution in [0.2, 0.25) is 0 Å². The first-order chi connectivity index (χ1) is 19.6. The number of hydrogen-bond donors (Lipinski definition) is 2. The quantitative estimate of drug-likeness (QED) is 0.212. The van der Waals surface area contributed by atoms with E-state index in [1.54, 1.807) is 24.3 Å². The van der Waals surface area contributed by atoms with Gasteiger partial charge in [0.1, 0.15) is 11.5 Å². The number of rotatable bonds is 6. The van der Waals surface area contributed by atoms with Crippen molar-refractivity contribution in [3.05, 3.63) is 121 Å². The van der Waals surface area contributed by atoms with Crippen molar-refractivity contribution in [2.75, 3.05) is 0 Å². The fraction of sp³-hybridized carbons (Fsp3) is 0. The molecule has 0 fully saturated rings. The molecule has 6 aromatic rings. The van der Waals surface area contributed by atoms with Crippen molar-refractivity contribution in [2.45, 2.75) is 0 Å². The fourth-order valence-electron chi connectivity index (χ4n) is 4.22. The average molecular weight is 523 g/mol. The van der Waals surface area contributed by atoms with Gasteiger partial charge in [-0.25, -0.2) is 0 Å². The highest BCUT2D eigenvalue weighted by Gasteiger charge is 2.05. The third kappa shape index (κ3) is 5.27. The van der Waals surface area contributed by atoms with E-state index in [0.29, 0.717) is 34.1 Å². The summed E-state index contributed by atoms with van der Waals surface area (Å²) in [5.41, 5.74) is 4.06. The highest BCUT2D eigenvalue weighted by atomic mass is 16.3. The van der Waals surface area contributed by atoms with Crippen molar-refractivity contribution in [3.8, 4) is 11.5 Å². The molecule has 0 aliphatic rings. The van der Waals surface area contributed by atoms with E-state index in [1.807, 2.05) is 97.1 Å². The van der Waals surface area contributed by atoms with Crippen LogP contribution >= 0.6 is 0 Å². The zero-order valence-corrected chi connectivity index (χ0v) is 21.1. The first-order valence-corrected chi connectivity index (χ1v) is 12.5. The molecule has 0 radical (unpaired) electrons. The highest BCUT2D eigenvalue weighted by molar-refractivity contribution is 5.97. The summed E-state index contributed by atoms with van der Waals surface area (Å²) in [6.45, 7) is 0. The van der Waals surface area contributed by atoms with Crippen LogP contribution in [-0.4, -0.2) is 10.2 Å².